The van der Waals surface area contributed by atoms with Gasteiger partial charge in [-0.2, -0.15) is 5.10 Å². The first-order chi connectivity index (χ1) is 7.84. The zero-order valence-corrected chi connectivity index (χ0v) is 10.0. The van der Waals surface area contributed by atoms with Crippen molar-refractivity contribution in [3.05, 3.63) is 22.0 Å². The van der Waals surface area contributed by atoms with Crippen LogP contribution in [0.25, 0.3) is 0 Å². The smallest absolute Gasteiger partial charge is 0.304 e. The number of alkyl halides is 2. The molecule has 94 valence electrons. The average molecular weight is 265 g/mol. The van der Waals surface area contributed by atoms with Crippen LogP contribution in [0.1, 0.15) is 29.2 Å². The second-order valence-corrected chi connectivity index (χ2v) is 4.01. The topological polar surface area (TPSA) is 63.1 Å². The minimum Gasteiger partial charge on any atom is -0.481 e. The number of hydrogen-bond acceptors (Lipinski definition) is 3. The highest BCUT2D eigenvalue weighted by Crippen LogP contribution is 2.33. The quantitative estimate of drug-likeness (QED) is 0.908. The zero-order valence-electron chi connectivity index (χ0n) is 9.25. The van der Waals surface area contributed by atoms with E-state index in [0.717, 1.165) is 0 Å². The van der Waals surface area contributed by atoms with Crippen molar-refractivity contribution < 1.29 is 18.7 Å². The van der Waals surface area contributed by atoms with Gasteiger partial charge in [0, 0.05) is 5.56 Å². The van der Waals surface area contributed by atoms with Gasteiger partial charge in [-0.1, -0.05) is 11.6 Å². The van der Waals surface area contributed by atoms with Crippen molar-refractivity contribution in [1.29, 1.82) is 0 Å². The number of carbonyl (C=O) groups is 1. The van der Waals surface area contributed by atoms with Gasteiger partial charge in [0.05, 0.1) is 18.0 Å². The summed E-state index contributed by atoms with van der Waals surface area (Å²) in [5.74, 6) is -2.77. The zero-order chi connectivity index (χ0) is 13.2. The van der Waals surface area contributed by atoms with Gasteiger partial charge in [0.25, 0.3) is 0 Å². The molecular weight excluding hydrogens is 254 g/mol. The van der Waals surface area contributed by atoms with Crippen molar-refractivity contribution in [3.8, 4) is 0 Å². The molecular formula is C10H11ClF2N2O2. The molecule has 1 rings (SSSR count). The fourth-order valence-electron chi connectivity index (χ4n) is 1.53. The van der Waals surface area contributed by atoms with E-state index in [1.807, 2.05) is 0 Å². The molecule has 4 nitrogen and oxygen atoms in total. The Bertz CT molecular complexity index is 441. The van der Waals surface area contributed by atoms with E-state index < -0.39 is 24.7 Å². The maximum Gasteiger partial charge on any atom is 0.304 e. The predicted molar refractivity (Wildman–Crippen MR) is 57.5 cm³/mol. The van der Waals surface area contributed by atoms with Crippen molar-refractivity contribution in [3.63, 3.8) is 0 Å². The van der Waals surface area contributed by atoms with Crippen molar-refractivity contribution in [1.82, 2.24) is 10.2 Å². The Morgan fingerprint density at radius 1 is 1.41 bits per heavy atom. The first-order valence-electron chi connectivity index (χ1n) is 4.83. The van der Waals surface area contributed by atoms with E-state index >= 15 is 0 Å². The molecule has 1 atom stereocenters. The van der Waals surface area contributed by atoms with Crippen molar-refractivity contribution in [2.24, 2.45) is 0 Å². The van der Waals surface area contributed by atoms with Crippen LogP contribution in [0.3, 0.4) is 0 Å². The summed E-state index contributed by atoms with van der Waals surface area (Å²) in [7, 11) is 0. The van der Waals surface area contributed by atoms with Gasteiger partial charge in [-0.25, -0.2) is 8.78 Å². The molecule has 1 N–H and O–H groups in total. The average Bonchev–Trinajstić information content (AvgIpc) is 2.22. The highest BCUT2D eigenvalue weighted by atomic mass is 35.5. The first kappa shape index (κ1) is 13.8. The largest absolute Gasteiger partial charge is 0.481 e. The molecule has 0 aliphatic carbocycles. The lowest BCUT2D eigenvalue weighted by Gasteiger charge is -2.18. The number of rotatable bonds is 4. The van der Waals surface area contributed by atoms with Crippen molar-refractivity contribution in [2.45, 2.75) is 32.6 Å². The molecule has 1 aromatic heterocycles. The van der Waals surface area contributed by atoms with Crippen LogP contribution < -0.4 is 0 Å². The molecule has 0 radical (unpaired) electrons. The number of carboxylic acids is 1. The Morgan fingerprint density at radius 3 is 2.47 bits per heavy atom. The number of halogens is 3. The third-order valence-electron chi connectivity index (χ3n) is 2.53. The van der Waals surface area contributed by atoms with Crippen LogP contribution in [-0.4, -0.2) is 27.7 Å². The van der Waals surface area contributed by atoms with E-state index in [0.29, 0.717) is 11.3 Å². The number of aromatic nitrogens is 2. The summed E-state index contributed by atoms with van der Waals surface area (Å²) < 4.78 is 25.7. The van der Waals surface area contributed by atoms with Gasteiger partial charge in [-0.05, 0) is 19.4 Å². The minimum absolute atomic E-state index is 0.0663. The number of nitrogens with zero attached hydrogens (tertiary/aromatic N) is 2. The lowest BCUT2D eigenvalue weighted by molar-refractivity contribution is -0.138. The molecule has 17 heavy (non-hydrogen) atoms. The highest BCUT2D eigenvalue weighted by Gasteiger charge is 2.30. The summed E-state index contributed by atoms with van der Waals surface area (Å²) in [4.78, 5) is 10.6. The fourth-order valence-corrected chi connectivity index (χ4v) is 1.85. The molecule has 0 bridgehead atoms. The summed E-state index contributed by atoms with van der Waals surface area (Å²) >= 11 is 5.72. The molecule has 0 spiro atoms. The lowest BCUT2D eigenvalue weighted by Crippen LogP contribution is -2.17. The van der Waals surface area contributed by atoms with Gasteiger partial charge < -0.3 is 5.11 Å². The van der Waals surface area contributed by atoms with Crippen LogP contribution in [0.5, 0.6) is 0 Å². The van der Waals surface area contributed by atoms with Crippen LogP contribution in [-0.2, 0) is 4.79 Å². The molecule has 1 aromatic rings. The molecule has 1 unspecified atom stereocenters. The molecule has 0 aromatic carbocycles. The summed E-state index contributed by atoms with van der Waals surface area (Å²) in [5.41, 5.74) is 0.980. The highest BCUT2D eigenvalue weighted by molar-refractivity contribution is 6.30. The number of hydrogen-bond donors (Lipinski definition) is 1. The molecule has 0 fully saturated rings. The SMILES string of the molecule is Cc1nnc(Cl)c(C(CC(=O)O)C(F)F)c1C. The summed E-state index contributed by atoms with van der Waals surface area (Å²) in [5, 5.41) is 15.7. The maximum atomic E-state index is 12.9. The van der Waals surface area contributed by atoms with Gasteiger partial charge in [0.1, 0.15) is 0 Å². The molecule has 0 aliphatic heterocycles. The van der Waals surface area contributed by atoms with Crippen LogP contribution >= 0.6 is 11.6 Å². The van der Waals surface area contributed by atoms with E-state index in [-0.39, 0.29) is 10.7 Å². The lowest BCUT2D eigenvalue weighted by atomic mass is 9.93. The van der Waals surface area contributed by atoms with Gasteiger partial charge in [-0.3, -0.25) is 4.79 Å². The van der Waals surface area contributed by atoms with Gasteiger partial charge in [0.15, 0.2) is 5.15 Å². The number of carboxylic acid groups (broad SMARTS) is 1. The summed E-state index contributed by atoms with van der Waals surface area (Å²) in [6.45, 7) is 3.17. The van der Waals surface area contributed by atoms with E-state index in [2.05, 4.69) is 10.2 Å². The Morgan fingerprint density at radius 2 is 2.00 bits per heavy atom. The second-order valence-electron chi connectivity index (χ2n) is 3.65. The van der Waals surface area contributed by atoms with Gasteiger partial charge in [-0.15, -0.1) is 5.10 Å². The Kier molecular flexibility index (Phi) is 4.34. The summed E-state index contributed by atoms with van der Waals surface area (Å²) in [6.07, 6.45) is -3.51. The predicted octanol–water partition coefficient (Wildman–Crippen LogP) is 2.57. The Balaban J connectivity index is 3.27. The maximum absolute atomic E-state index is 12.9. The van der Waals surface area contributed by atoms with Gasteiger partial charge >= 0.3 is 5.97 Å². The third-order valence-corrected chi connectivity index (χ3v) is 2.81. The van der Waals surface area contributed by atoms with Crippen LogP contribution in [0.15, 0.2) is 0 Å². The molecule has 0 saturated heterocycles. The van der Waals surface area contributed by atoms with Crippen LogP contribution in [0, 0.1) is 13.8 Å². The van der Waals surface area contributed by atoms with Gasteiger partial charge in [0.2, 0.25) is 6.43 Å². The van der Waals surface area contributed by atoms with E-state index in [4.69, 9.17) is 16.7 Å². The molecule has 0 amide bonds. The van der Waals surface area contributed by atoms with Crippen LogP contribution in [0.4, 0.5) is 8.78 Å². The van der Waals surface area contributed by atoms with Crippen molar-refractivity contribution >= 4 is 17.6 Å². The molecule has 0 aliphatic rings. The number of aryl methyl sites for hydroxylation is 1. The van der Waals surface area contributed by atoms with Crippen LogP contribution in [0.2, 0.25) is 5.15 Å². The summed E-state index contributed by atoms with van der Waals surface area (Å²) in [6, 6.07) is 0. The Labute approximate surface area is 102 Å². The monoisotopic (exact) mass is 264 g/mol. The number of aliphatic carboxylic acids is 1. The second kappa shape index (κ2) is 5.35. The first-order valence-corrected chi connectivity index (χ1v) is 5.21. The Hall–Kier alpha value is -1.30. The molecule has 7 heteroatoms. The van der Waals surface area contributed by atoms with E-state index in [1.54, 1.807) is 13.8 Å². The standard InChI is InChI=1S/C10H11ClF2N2O2/c1-4-5(2)14-15-9(11)8(4)6(10(12)13)3-7(16)17/h6,10H,3H2,1-2H3,(H,16,17). The third kappa shape index (κ3) is 3.09. The fraction of sp³-hybridized carbons (Fsp3) is 0.500. The minimum atomic E-state index is -2.81. The normalized spacial score (nSPS) is 12.8. The molecule has 0 saturated carbocycles. The molecule has 1 heterocycles. The van der Waals surface area contributed by atoms with Crippen molar-refractivity contribution in [2.75, 3.05) is 0 Å². The van der Waals surface area contributed by atoms with E-state index in [9.17, 15) is 13.6 Å². The van der Waals surface area contributed by atoms with E-state index in [1.165, 1.54) is 0 Å².